The number of nitrogens with one attached hydrogen (secondary N) is 2. The van der Waals surface area contributed by atoms with Crippen molar-refractivity contribution in [3.8, 4) is 0 Å². The van der Waals surface area contributed by atoms with Crippen LogP contribution in [0.3, 0.4) is 0 Å². The van der Waals surface area contributed by atoms with Gasteiger partial charge in [-0.1, -0.05) is 0 Å². The Labute approximate surface area is 160 Å². The average molecular weight is 377 g/mol. The smallest absolute Gasteiger partial charge is 0.355 e. The van der Waals surface area contributed by atoms with Gasteiger partial charge in [-0.3, -0.25) is 4.79 Å². The molecule has 27 heavy (non-hydrogen) atoms. The number of hydrogen-bond acceptors (Lipinski definition) is 4. The maximum Gasteiger partial charge on any atom is 0.355 e. The molecule has 1 aromatic heterocycles. The van der Waals surface area contributed by atoms with Gasteiger partial charge in [-0.05, 0) is 65.9 Å². The molecule has 2 amide bonds. The normalized spacial score (nSPS) is 14.8. The fraction of sp³-hybridized carbons (Fsp3) is 0.650. The number of rotatable bonds is 8. The Morgan fingerprint density at radius 3 is 2.37 bits per heavy atom. The highest BCUT2D eigenvalue weighted by atomic mass is 16.5. The topological polar surface area (TPSA) is 91.5 Å². The summed E-state index contributed by atoms with van der Waals surface area (Å²) in [5.74, 6) is -0.185. The molecule has 1 atom stereocenters. The first-order valence-electron chi connectivity index (χ1n) is 9.64. The van der Waals surface area contributed by atoms with Gasteiger partial charge in [0.2, 0.25) is 0 Å². The summed E-state index contributed by atoms with van der Waals surface area (Å²) in [4.78, 5) is 42.6. The molecule has 1 heterocycles. The number of aromatic nitrogens is 1. The molecule has 0 aromatic carbocycles. The second kappa shape index (κ2) is 8.59. The van der Waals surface area contributed by atoms with Crippen LogP contribution in [0.15, 0.2) is 0 Å². The Morgan fingerprint density at radius 2 is 1.85 bits per heavy atom. The molecular formula is C20H31N3O4. The van der Waals surface area contributed by atoms with Crippen LogP contribution < -0.4 is 5.32 Å². The van der Waals surface area contributed by atoms with Crippen molar-refractivity contribution in [1.29, 1.82) is 0 Å². The van der Waals surface area contributed by atoms with Gasteiger partial charge in [0, 0.05) is 23.8 Å². The summed E-state index contributed by atoms with van der Waals surface area (Å²) >= 11 is 0. The zero-order chi connectivity index (χ0) is 20.3. The van der Waals surface area contributed by atoms with E-state index in [1.807, 2.05) is 13.8 Å². The zero-order valence-corrected chi connectivity index (χ0v) is 17.1. The molecule has 1 saturated carbocycles. The third kappa shape index (κ3) is 4.90. The molecule has 7 heteroatoms. The van der Waals surface area contributed by atoms with E-state index >= 15 is 0 Å². The Morgan fingerprint density at radius 1 is 1.22 bits per heavy atom. The third-order valence-corrected chi connectivity index (χ3v) is 4.84. The Bertz CT molecular complexity index is 719. The lowest BCUT2D eigenvalue weighted by atomic mass is 10.00. The van der Waals surface area contributed by atoms with E-state index in [2.05, 4.69) is 10.3 Å². The zero-order valence-electron chi connectivity index (χ0n) is 17.1. The van der Waals surface area contributed by atoms with E-state index in [1.54, 1.807) is 32.6 Å². The average Bonchev–Trinajstić information content (AvgIpc) is 3.35. The van der Waals surface area contributed by atoms with Crippen LogP contribution in [-0.2, 0) is 4.74 Å². The molecule has 2 rings (SSSR count). The molecule has 1 aliphatic carbocycles. The van der Waals surface area contributed by atoms with E-state index in [4.69, 9.17) is 4.74 Å². The number of nitrogens with zero attached hydrogens (tertiary/aromatic N) is 1. The molecule has 150 valence electrons. The second-order valence-electron chi connectivity index (χ2n) is 7.59. The molecule has 1 fully saturated rings. The number of H-pyrrole nitrogens is 1. The minimum atomic E-state index is -0.618. The van der Waals surface area contributed by atoms with E-state index in [9.17, 15) is 14.4 Å². The van der Waals surface area contributed by atoms with Gasteiger partial charge in [0.05, 0.1) is 12.6 Å². The first-order chi connectivity index (χ1) is 12.7. The third-order valence-electron chi connectivity index (χ3n) is 4.84. The summed E-state index contributed by atoms with van der Waals surface area (Å²) < 4.78 is 5.05. The van der Waals surface area contributed by atoms with Crippen molar-refractivity contribution in [2.75, 3.05) is 13.2 Å². The largest absolute Gasteiger partial charge is 0.461 e. The number of esters is 1. The number of Topliss-reactive ketones (excluding diaryl/α,β-unsaturated/α-hetero) is 1. The standard InChI is InChI=1S/C20H31N3O4/c1-7-27-19(25)17-12(4)16(13(5)22-17)18(24)14(6)23(10-15-8-9-15)20(26)21-11(2)3/h11,14-15,22H,7-10H2,1-6H3,(H,21,26). The van der Waals surface area contributed by atoms with Gasteiger partial charge >= 0.3 is 12.0 Å². The summed E-state index contributed by atoms with van der Waals surface area (Å²) in [7, 11) is 0. The summed E-state index contributed by atoms with van der Waals surface area (Å²) in [6.07, 6.45) is 2.17. The molecule has 0 radical (unpaired) electrons. The van der Waals surface area contributed by atoms with Crippen LogP contribution in [-0.4, -0.2) is 52.9 Å². The molecule has 0 aliphatic heterocycles. The molecule has 7 nitrogen and oxygen atoms in total. The summed E-state index contributed by atoms with van der Waals surface area (Å²) in [6, 6.07) is -0.852. The lowest BCUT2D eigenvalue weighted by Gasteiger charge is -2.29. The van der Waals surface area contributed by atoms with Crippen molar-refractivity contribution in [2.45, 2.75) is 66.5 Å². The number of carbonyl (C=O) groups is 3. The first kappa shape index (κ1) is 21.0. The van der Waals surface area contributed by atoms with Crippen molar-refractivity contribution in [1.82, 2.24) is 15.2 Å². The minimum Gasteiger partial charge on any atom is -0.461 e. The van der Waals surface area contributed by atoms with Gasteiger partial charge in [0.25, 0.3) is 0 Å². The molecular weight excluding hydrogens is 346 g/mol. The van der Waals surface area contributed by atoms with Crippen LogP contribution >= 0.6 is 0 Å². The Kier molecular flexibility index (Phi) is 6.68. The summed E-state index contributed by atoms with van der Waals surface area (Å²) in [6.45, 7) is 11.6. The molecule has 0 saturated heterocycles. The van der Waals surface area contributed by atoms with Gasteiger partial charge in [0.1, 0.15) is 5.69 Å². The Hall–Kier alpha value is -2.31. The maximum atomic E-state index is 13.2. The Balaban J connectivity index is 2.28. The number of ketones is 1. The predicted molar refractivity (Wildman–Crippen MR) is 103 cm³/mol. The van der Waals surface area contributed by atoms with Crippen LogP contribution in [0.5, 0.6) is 0 Å². The molecule has 2 N–H and O–H groups in total. The highest BCUT2D eigenvalue weighted by Gasteiger charge is 2.35. The van der Waals surface area contributed by atoms with Crippen molar-refractivity contribution in [3.63, 3.8) is 0 Å². The number of urea groups is 1. The van der Waals surface area contributed by atoms with Gasteiger partial charge in [-0.2, -0.15) is 0 Å². The first-order valence-corrected chi connectivity index (χ1v) is 9.64. The van der Waals surface area contributed by atoms with Crippen molar-refractivity contribution < 1.29 is 19.1 Å². The second-order valence-corrected chi connectivity index (χ2v) is 7.59. The van der Waals surface area contributed by atoms with E-state index in [0.29, 0.717) is 35.0 Å². The summed E-state index contributed by atoms with van der Waals surface area (Å²) in [5, 5.41) is 2.89. The molecule has 1 aromatic rings. The molecule has 1 unspecified atom stereocenters. The number of ether oxygens (including phenoxy) is 1. The number of amides is 2. The maximum absolute atomic E-state index is 13.2. The predicted octanol–water partition coefficient (Wildman–Crippen LogP) is 3.21. The highest BCUT2D eigenvalue weighted by molar-refractivity contribution is 6.06. The van der Waals surface area contributed by atoms with Gasteiger partial charge < -0.3 is 19.9 Å². The highest BCUT2D eigenvalue weighted by Crippen LogP contribution is 2.31. The monoisotopic (exact) mass is 377 g/mol. The quantitative estimate of drug-likeness (QED) is 0.537. The molecule has 0 spiro atoms. The lowest BCUT2D eigenvalue weighted by molar-refractivity contribution is 0.0519. The van der Waals surface area contributed by atoms with Gasteiger partial charge in [0.15, 0.2) is 5.78 Å². The van der Waals surface area contributed by atoms with Gasteiger partial charge in [-0.25, -0.2) is 9.59 Å². The van der Waals surface area contributed by atoms with E-state index < -0.39 is 12.0 Å². The minimum absolute atomic E-state index is 0.00680. The van der Waals surface area contributed by atoms with Gasteiger partial charge in [-0.15, -0.1) is 0 Å². The van der Waals surface area contributed by atoms with Crippen LogP contribution in [0.25, 0.3) is 0 Å². The lowest BCUT2D eigenvalue weighted by Crippen LogP contribution is -2.50. The van der Waals surface area contributed by atoms with Crippen molar-refractivity contribution in [2.24, 2.45) is 5.92 Å². The SMILES string of the molecule is CCOC(=O)c1[nH]c(C)c(C(=O)C(C)N(CC2CC2)C(=O)NC(C)C)c1C. The fourth-order valence-corrected chi connectivity index (χ4v) is 3.20. The fourth-order valence-electron chi connectivity index (χ4n) is 3.20. The van der Waals surface area contributed by atoms with Crippen LogP contribution in [0.4, 0.5) is 4.79 Å². The number of aromatic amines is 1. The van der Waals surface area contributed by atoms with Crippen LogP contribution in [0.2, 0.25) is 0 Å². The number of aryl methyl sites for hydroxylation is 1. The number of carbonyl (C=O) groups excluding carboxylic acids is 3. The van der Waals surface area contributed by atoms with Crippen molar-refractivity contribution in [3.05, 3.63) is 22.5 Å². The summed E-state index contributed by atoms with van der Waals surface area (Å²) in [5.41, 5.74) is 1.94. The van der Waals surface area contributed by atoms with Crippen LogP contribution in [0, 0.1) is 19.8 Å². The number of hydrogen-bond donors (Lipinski definition) is 2. The van der Waals surface area contributed by atoms with E-state index in [-0.39, 0.29) is 24.5 Å². The molecule has 1 aliphatic rings. The molecule has 0 bridgehead atoms. The van der Waals surface area contributed by atoms with Crippen molar-refractivity contribution >= 4 is 17.8 Å². The van der Waals surface area contributed by atoms with Crippen LogP contribution in [0.1, 0.15) is 72.6 Å². The van der Waals surface area contributed by atoms with E-state index in [0.717, 1.165) is 12.8 Å². The van der Waals surface area contributed by atoms with E-state index in [1.165, 1.54) is 0 Å².